The summed E-state index contributed by atoms with van der Waals surface area (Å²) in [5, 5.41) is 0. The van der Waals surface area contributed by atoms with Gasteiger partial charge >= 0.3 is 0 Å². The van der Waals surface area contributed by atoms with E-state index in [4.69, 9.17) is 11.6 Å². The molecule has 0 atom stereocenters. The number of alkyl halides is 1. The molecule has 0 unspecified atom stereocenters. The van der Waals surface area contributed by atoms with Crippen LogP contribution in [0.4, 0.5) is 0 Å². The Balaban J connectivity index is 1.98. The van der Waals surface area contributed by atoms with E-state index < -0.39 is 0 Å². The summed E-state index contributed by atoms with van der Waals surface area (Å²) in [6.07, 6.45) is 0. The van der Waals surface area contributed by atoms with Crippen molar-refractivity contribution >= 4 is 40.1 Å². The van der Waals surface area contributed by atoms with Crippen molar-refractivity contribution in [3.8, 4) is 0 Å². The number of nitrogens with zero attached hydrogens (tertiary/aromatic N) is 2. The molecule has 1 heterocycles. The number of benzene rings is 1. The van der Waals surface area contributed by atoms with Crippen molar-refractivity contribution in [1.82, 2.24) is 9.80 Å². The first-order chi connectivity index (χ1) is 8.72. The van der Waals surface area contributed by atoms with E-state index >= 15 is 0 Å². The molecule has 2 rings (SSSR count). The monoisotopic (exact) mass is 378 g/mol. The summed E-state index contributed by atoms with van der Waals surface area (Å²) in [7, 11) is 0. The number of amides is 1. The first-order valence-electron chi connectivity index (χ1n) is 6.04. The summed E-state index contributed by atoms with van der Waals surface area (Å²) >= 11 is 7.94. The quantitative estimate of drug-likeness (QED) is 0.595. The van der Waals surface area contributed by atoms with Gasteiger partial charge in [0.25, 0.3) is 5.91 Å². The molecule has 0 saturated carbocycles. The van der Waals surface area contributed by atoms with Crippen LogP contribution in [0.1, 0.15) is 10.4 Å². The van der Waals surface area contributed by atoms with Gasteiger partial charge in [0.1, 0.15) is 0 Å². The molecular weight excluding hydrogens is 363 g/mol. The average Bonchev–Trinajstić information content (AvgIpc) is 2.40. The highest BCUT2D eigenvalue weighted by molar-refractivity contribution is 14.1. The summed E-state index contributed by atoms with van der Waals surface area (Å²) < 4.78 is 1.02. The Morgan fingerprint density at radius 3 is 2.50 bits per heavy atom. The summed E-state index contributed by atoms with van der Waals surface area (Å²) in [5.41, 5.74) is 0.809. The van der Waals surface area contributed by atoms with Gasteiger partial charge in [-0.05, 0) is 34.7 Å². The first-order valence-corrected chi connectivity index (χ1v) is 7.66. The van der Waals surface area contributed by atoms with Crippen LogP contribution >= 0.6 is 34.2 Å². The molecule has 1 aliphatic rings. The van der Waals surface area contributed by atoms with Crippen molar-refractivity contribution in [3.05, 3.63) is 33.4 Å². The number of carbonyl (C=O) groups is 1. The minimum Gasteiger partial charge on any atom is -0.336 e. The molecule has 0 radical (unpaired) electrons. The maximum absolute atomic E-state index is 12.4. The van der Waals surface area contributed by atoms with E-state index in [2.05, 4.69) is 27.5 Å². The fourth-order valence-electron chi connectivity index (χ4n) is 2.10. The number of piperazine rings is 1. The van der Waals surface area contributed by atoms with Crippen molar-refractivity contribution < 1.29 is 4.79 Å². The molecule has 3 nitrogen and oxygen atoms in total. The van der Waals surface area contributed by atoms with Gasteiger partial charge in [-0.2, -0.15) is 0 Å². The summed E-state index contributed by atoms with van der Waals surface area (Å²) in [4.78, 5) is 16.6. The van der Waals surface area contributed by atoms with Crippen molar-refractivity contribution in [1.29, 1.82) is 0 Å². The molecule has 1 saturated heterocycles. The van der Waals surface area contributed by atoms with E-state index in [1.807, 2.05) is 29.2 Å². The Kier molecular flexibility index (Phi) is 5.26. The zero-order valence-corrected chi connectivity index (χ0v) is 13.0. The molecule has 18 heavy (non-hydrogen) atoms. The van der Waals surface area contributed by atoms with Crippen LogP contribution in [0.5, 0.6) is 0 Å². The molecule has 0 aliphatic carbocycles. The predicted molar refractivity (Wildman–Crippen MR) is 82.2 cm³/mol. The van der Waals surface area contributed by atoms with Crippen LogP contribution in [0.2, 0.25) is 0 Å². The zero-order chi connectivity index (χ0) is 13.0. The van der Waals surface area contributed by atoms with Crippen molar-refractivity contribution in [2.24, 2.45) is 0 Å². The predicted octanol–water partition coefficient (Wildman–Crippen LogP) is 2.29. The third-order valence-corrected chi connectivity index (χ3v) is 4.27. The lowest BCUT2D eigenvalue weighted by Crippen LogP contribution is -2.49. The van der Waals surface area contributed by atoms with E-state index in [9.17, 15) is 4.79 Å². The fourth-order valence-corrected chi connectivity index (χ4v) is 2.96. The Morgan fingerprint density at radius 2 is 1.89 bits per heavy atom. The van der Waals surface area contributed by atoms with Crippen LogP contribution in [0.3, 0.4) is 0 Å². The van der Waals surface area contributed by atoms with E-state index in [1.54, 1.807) is 0 Å². The molecule has 98 valence electrons. The highest BCUT2D eigenvalue weighted by atomic mass is 127. The van der Waals surface area contributed by atoms with Gasteiger partial charge in [0.15, 0.2) is 0 Å². The molecule has 1 amide bonds. The lowest BCUT2D eigenvalue weighted by atomic mass is 10.2. The van der Waals surface area contributed by atoms with E-state index in [-0.39, 0.29) is 5.91 Å². The Morgan fingerprint density at radius 1 is 1.22 bits per heavy atom. The maximum atomic E-state index is 12.4. The van der Waals surface area contributed by atoms with Gasteiger partial charge in [0, 0.05) is 42.2 Å². The van der Waals surface area contributed by atoms with Gasteiger partial charge in [-0.15, -0.1) is 11.6 Å². The van der Waals surface area contributed by atoms with Crippen LogP contribution in [-0.2, 0) is 0 Å². The zero-order valence-electron chi connectivity index (χ0n) is 10.1. The molecule has 5 heteroatoms. The maximum Gasteiger partial charge on any atom is 0.255 e. The van der Waals surface area contributed by atoms with Crippen molar-refractivity contribution in [3.63, 3.8) is 0 Å². The SMILES string of the molecule is O=C(c1ccccc1I)N1CCN(CCCl)CC1. The van der Waals surface area contributed by atoms with Gasteiger partial charge in [0.2, 0.25) is 0 Å². The molecule has 1 aromatic rings. The summed E-state index contributed by atoms with van der Waals surface area (Å²) in [6.45, 7) is 4.33. The lowest BCUT2D eigenvalue weighted by molar-refractivity contribution is 0.0643. The first kappa shape index (κ1) is 14.1. The second-order valence-electron chi connectivity index (χ2n) is 4.30. The third kappa shape index (κ3) is 3.36. The van der Waals surface area contributed by atoms with Crippen molar-refractivity contribution in [2.75, 3.05) is 38.6 Å². The molecular formula is C13H16ClIN2O. The average molecular weight is 379 g/mol. The van der Waals surface area contributed by atoms with E-state index in [0.717, 1.165) is 41.9 Å². The highest BCUT2D eigenvalue weighted by Crippen LogP contribution is 2.15. The lowest BCUT2D eigenvalue weighted by Gasteiger charge is -2.34. The minimum atomic E-state index is 0.144. The molecule has 0 N–H and O–H groups in total. The molecule has 0 bridgehead atoms. The third-order valence-electron chi connectivity index (χ3n) is 3.16. The minimum absolute atomic E-state index is 0.144. The topological polar surface area (TPSA) is 23.6 Å². The van der Waals surface area contributed by atoms with Gasteiger partial charge in [-0.25, -0.2) is 0 Å². The Hall–Kier alpha value is -0.330. The van der Waals surface area contributed by atoms with Crippen LogP contribution in [-0.4, -0.2) is 54.3 Å². The van der Waals surface area contributed by atoms with Gasteiger partial charge in [-0.3, -0.25) is 9.69 Å². The van der Waals surface area contributed by atoms with E-state index in [1.165, 1.54) is 0 Å². The van der Waals surface area contributed by atoms with Gasteiger partial charge in [-0.1, -0.05) is 12.1 Å². The second-order valence-corrected chi connectivity index (χ2v) is 5.84. The van der Waals surface area contributed by atoms with Crippen LogP contribution in [0.25, 0.3) is 0 Å². The van der Waals surface area contributed by atoms with Crippen LogP contribution in [0, 0.1) is 3.57 Å². The standard InChI is InChI=1S/C13H16ClIN2O/c14-5-6-16-7-9-17(10-8-16)13(18)11-3-1-2-4-12(11)15/h1-4H,5-10H2. The summed E-state index contributed by atoms with van der Waals surface area (Å²) in [6, 6.07) is 7.74. The number of carbonyl (C=O) groups excluding carboxylic acids is 1. The highest BCUT2D eigenvalue weighted by Gasteiger charge is 2.22. The summed E-state index contributed by atoms with van der Waals surface area (Å²) in [5.74, 6) is 0.801. The van der Waals surface area contributed by atoms with Crippen LogP contribution < -0.4 is 0 Å². The molecule has 0 spiro atoms. The number of rotatable bonds is 3. The largest absolute Gasteiger partial charge is 0.336 e. The van der Waals surface area contributed by atoms with Gasteiger partial charge in [0.05, 0.1) is 5.56 Å². The molecule has 0 aromatic heterocycles. The molecule has 1 fully saturated rings. The Labute approximate surface area is 126 Å². The van der Waals surface area contributed by atoms with Crippen molar-refractivity contribution in [2.45, 2.75) is 0 Å². The van der Waals surface area contributed by atoms with E-state index in [0.29, 0.717) is 5.88 Å². The number of hydrogen-bond acceptors (Lipinski definition) is 2. The molecule has 1 aliphatic heterocycles. The number of halogens is 2. The Bertz CT molecular complexity index is 419. The fraction of sp³-hybridized carbons (Fsp3) is 0.462. The normalized spacial score (nSPS) is 16.9. The molecule has 1 aromatic carbocycles. The van der Waals surface area contributed by atoms with Crippen LogP contribution in [0.15, 0.2) is 24.3 Å². The van der Waals surface area contributed by atoms with Gasteiger partial charge < -0.3 is 4.90 Å². The smallest absolute Gasteiger partial charge is 0.255 e. The number of hydrogen-bond donors (Lipinski definition) is 0. The second kappa shape index (κ2) is 6.73.